The van der Waals surface area contributed by atoms with E-state index in [4.69, 9.17) is 21.4 Å². The van der Waals surface area contributed by atoms with Crippen LogP contribution in [0.3, 0.4) is 0 Å². The molecule has 0 atom stereocenters. The van der Waals surface area contributed by atoms with Crippen LogP contribution in [-0.4, -0.2) is 24.3 Å². The van der Waals surface area contributed by atoms with Gasteiger partial charge in [-0.2, -0.15) is 0 Å². The minimum Gasteiger partial charge on any atom is -0.479 e. The molecule has 1 rings (SSSR count). The van der Waals surface area contributed by atoms with Crippen molar-refractivity contribution in [3.63, 3.8) is 0 Å². The standard InChI is InChI=1S/C11H11ClF2O4/c1-2-17-9(16)5-18-8-3-7(13)6(4-15)10(12)11(8)14/h3,15H,2,4-5H2,1H3. The summed E-state index contributed by atoms with van der Waals surface area (Å²) < 4.78 is 36.2. The van der Waals surface area contributed by atoms with Crippen LogP contribution in [0.15, 0.2) is 6.07 Å². The summed E-state index contributed by atoms with van der Waals surface area (Å²) in [6, 6.07) is 0.714. The third kappa shape index (κ3) is 3.30. The Morgan fingerprint density at radius 2 is 2.17 bits per heavy atom. The fourth-order valence-corrected chi connectivity index (χ4v) is 1.44. The summed E-state index contributed by atoms with van der Waals surface area (Å²) in [6.45, 7) is 0.465. The van der Waals surface area contributed by atoms with E-state index in [1.807, 2.05) is 0 Å². The van der Waals surface area contributed by atoms with Gasteiger partial charge < -0.3 is 14.6 Å². The van der Waals surface area contributed by atoms with Gasteiger partial charge in [-0.05, 0) is 6.92 Å². The van der Waals surface area contributed by atoms with Crippen LogP contribution >= 0.6 is 11.6 Å². The topological polar surface area (TPSA) is 55.8 Å². The van der Waals surface area contributed by atoms with E-state index in [0.29, 0.717) is 6.07 Å². The molecule has 18 heavy (non-hydrogen) atoms. The average Bonchev–Trinajstić information content (AvgIpc) is 2.33. The highest BCUT2D eigenvalue weighted by Crippen LogP contribution is 2.30. The van der Waals surface area contributed by atoms with E-state index in [1.165, 1.54) is 0 Å². The van der Waals surface area contributed by atoms with Crippen LogP contribution in [0.1, 0.15) is 12.5 Å². The van der Waals surface area contributed by atoms with E-state index in [0.717, 1.165) is 0 Å². The Balaban J connectivity index is 2.88. The quantitative estimate of drug-likeness (QED) is 0.662. The molecule has 0 saturated carbocycles. The van der Waals surface area contributed by atoms with Crippen LogP contribution in [0, 0.1) is 11.6 Å². The molecule has 1 aromatic carbocycles. The molecule has 0 spiro atoms. The SMILES string of the molecule is CCOC(=O)COc1cc(F)c(CO)c(Cl)c1F. The van der Waals surface area contributed by atoms with Crippen LogP contribution < -0.4 is 4.74 Å². The second-order valence-electron chi connectivity index (χ2n) is 3.21. The number of hydrogen-bond acceptors (Lipinski definition) is 4. The number of carbonyl (C=O) groups excluding carboxylic acids is 1. The van der Waals surface area contributed by atoms with Crippen LogP contribution in [0.5, 0.6) is 5.75 Å². The molecule has 0 aromatic heterocycles. The molecule has 0 aliphatic rings. The summed E-state index contributed by atoms with van der Waals surface area (Å²) in [5, 5.41) is 8.22. The van der Waals surface area contributed by atoms with E-state index < -0.39 is 41.6 Å². The first-order valence-electron chi connectivity index (χ1n) is 5.06. The molecule has 0 aliphatic carbocycles. The van der Waals surface area contributed by atoms with Gasteiger partial charge in [0.2, 0.25) is 0 Å². The molecule has 0 radical (unpaired) electrons. The molecular weight excluding hydrogens is 270 g/mol. The molecule has 0 unspecified atom stereocenters. The highest BCUT2D eigenvalue weighted by atomic mass is 35.5. The van der Waals surface area contributed by atoms with Gasteiger partial charge in [0.05, 0.1) is 18.2 Å². The van der Waals surface area contributed by atoms with Gasteiger partial charge in [0, 0.05) is 11.6 Å². The van der Waals surface area contributed by atoms with Crippen molar-refractivity contribution in [2.45, 2.75) is 13.5 Å². The first-order chi connectivity index (χ1) is 8.51. The zero-order valence-electron chi connectivity index (χ0n) is 9.50. The van der Waals surface area contributed by atoms with Gasteiger partial charge in [0.15, 0.2) is 18.2 Å². The molecule has 0 saturated heterocycles. The number of esters is 1. The highest BCUT2D eigenvalue weighted by molar-refractivity contribution is 6.31. The van der Waals surface area contributed by atoms with Crippen LogP contribution in [0.25, 0.3) is 0 Å². The molecule has 0 heterocycles. The third-order valence-electron chi connectivity index (χ3n) is 2.03. The van der Waals surface area contributed by atoms with Crippen molar-refractivity contribution in [1.29, 1.82) is 0 Å². The van der Waals surface area contributed by atoms with Crippen molar-refractivity contribution in [2.75, 3.05) is 13.2 Å². The first kappa shape index (κ1) is 14.7. The Morgan fingerprint density at radius 1 is 1.50 bits per heavy atom. The monoisotopic (exact) mass is 280 g/mol. The van der Waals surface area contributed by atoms with Crippen molar-refractivity contribution < 1.29 is 28.2 Å². The van der Waals surface area contributed by atoms with Crippen molar-refractivity contribution in [3.8, 4) is 5.75 Å². The Bertz CT molecular complexity index is 451. The fraction of sp³-hybridized carbons (Fsp3) is 0.364. The number of halogens is 3. The maximum absolute atomic E-state index is 13.6. The van der Waals surface area contributed by atoms with E-state index in [1.54, 1.807) is 6.92 Å². The minimum atomic E-state index is -1.04. The zero-order valence-corrected chi connectivity index (χ0v) is 10.3. The summed E-state index contributed by atoms with van der Waals surface area (Å²) in [6.07, 6.45) is 0. The molecular formula is C11H11ClF2O4. The number of benzene rings is 1. The lowest BCUT2D eigenvalue weighted by molar-refractivity contribution is -0.145. The average molecular weight is 281 g/mol. The Hall–Kier alpha value is -1.40. The van der Waals surface area contributed by atoms with E-state index in [2.05, 4.69) is 4.74 Å². The van der Waals surface area contributed by atoms with Gasteiger partial charge >= 0.3 is 5.97 Å². The molecule has 1 aromatic rings. The number of rotatable bonds is 5. The van der Waals surface area contributed by atoms with Crippen LogP contribution in [-0.2, 0) is 16.1 Å². The number of ether oxygens (including phenoxy) is 2. The maximum atomic E-state index is 13.6. The number of aliphatic hydroxyl groups excluding tert-OH is 1. The molecule has 1 N–H and O–H groups in total. The summed E-state index contributed by atoms with van der Waals surface area (Å²) in [4.78, 5) is 11.0. The van der Waals surface area contributed by atoms with Crippen molar-refractivity contribution in [2.24, 2.45) is 0 Å². The van der Waals surface area contributed by atoms with Crippen molar-refractivity contribution in [3.05, 3.63) is 28.3 Å². The van der Waals surface area contributed by atoms with E-state index in [-0.39, 0.29) is 12.2 Å². The van der Waals surface area contributed by atoms with Gasteiger partial charge in [-0.3, -0.25) is 0 Å². The summed E-state index contributed by atoms with van der Waals surface area (Å²) in [7, 11) is 0. The van der Waals surface area contributed by atoms with E-state index in [9.17, 15) is 13.6 Å². The summed E-state index contributed by atoms with van der Waals surface area (Å²) in [5.74, 6) is -3.17. The van der Waals surface area contributed by atoms with Gasteiger partial charge in [-0.15, -0.1) is 0 Å². The maximum Gasteiger partial charge on any atom is 0.344 e. The Kier molecular flexibility index (Phi) is 5.30. The Morgan fingerprint density at radius 3 is 2.72 bits per heavy atom. The van der Waals surface area contributed by atoms with Gasteiger partial charge in [-0.25, -0.2) is 13.6 Å². The molecule has 0 aliphatic heterocycles. The zero-order chi connectivity index (χ0) is 13.7. The smallest absolute Gasteiger partial charge is 0.344 e. The predicted octanol–water partition coefficient (Wildman–Crippen LogP) is 2.05. The molecule has 0 fully saturated rings. The van der Waals surface area contributed by atoms with Gasteiger partial charge in [0.1, 0.15) is 5.82 Å². The van der Waals surface area contributed by atoms with E-state index >= 15 is 0 Å². The van der Waals surface area contributed by atoms with Crippen molar-refractivity contribution in [1.82, 2.24) is 0 Å². The fourth-order valence-electron chi connectivity index (χ4n) is 1.20. The lowest BCUT2D eigenvalue weighted by Crippen LogP contribution is -2.15. The van der Waals surface area contributed by atoms with Crippen molar-refractivity contribution >= 4 is 17.6 Å². The first-order valence-corrected chi connectivity index (χ1v) is 5.44. The normalized spacial score (nSPS) is 10.3. The van der Waals surface area contributed by atoms with Gasteiger partial charge in [-0.1, -0.05) is 11.6 Å². The minimum absolute atomic E-state index is 0.156. The second kappa shape index (κ2) is 6.51. The number of aliphatic hydroxyl groups is 1. The molecule has 4 nitrogen and oxygen atoms in total. The molecule has 7 heteroatoms. The Labute approximate surface area is 107 Å². The predicted molar refractivity (Wildman–Crippen MR) is 59.4 cm³/mol. The second-order valence-corrected chi connectivity index (χ2v) is 3.59. The van der Waals surface area contributed by atoms with Crippen LogP contribution in [0.4, 0.5) is 8.78 Å². The number of hydrogen-bond donors (Lipinski definition) is 1. The number of carbonyl (C=O) groups is 1. The summed E-state index contributed by atoms with van der Waals surface area (Å²) >= 11 is 5.51. The van der Waals surface area contributed by atoms with Crippen LogP contribution in [0.2, 0.25) is 5.02 Å². The third-order valence-corrected chi connectivity index (χ3v) is 2.42. The largest absolute Gasteiger partial charge is 0.479 e. The molecule has 0 amide bonds. The molecule has 100 valence electrons. The summed E-state index contributed by atoms with van der Waals surface area (Å²) in [5.41, 5.74) is -0.363. The lowest BCUT2D eigenvalue weighted by atomic mass is 10.2. The lowest BCUT2D eigenvalue weighted by Gasteiger charge is -2.10. The highest BCUT2D eigenvalue weighted by Gasteiger charge is 2.18. The molecule has 0 bridgehead atoms. The van der Waals surface area contributed by atoms with Gasteiger partial charge in [0.25, 0.3) is 0 Å².